The van der Waals surface area contributed by atoms with Crippen LogP contribution in [0.1, 0.15) is 28.5 Å². The van der Waals surface area contributed by atoms with Gasteiger partial charge in [-0.1, -0.05) is 11.6 Å². The summed E-state index contributed by atoms with van der Waals surface area (Å²) >= 11 is 6.79. The van der Waals surface area contributed by atoms with Crippen molar-refractivity contribution < 1.29 is 4.39 Å². The number of aromatic amines is 1. The number of thiazole rings is 1. The molecule has 0 aliphatic heterocycles. The quantitative estimate of drug-likeness (QED) is 0.863. The van der Waals surface area contributed by atoms with Crippen molar-refractivity contribution in [2.75, 3.05) is 0 Å². The Morgan fingerprint density at radius 1 is 1.42 bits per heavy atom. The molecule has 102 valence electrons. The lowest BCUT2D eigenvalue weighted by atomic mass is 10.2. The molecule has 1 atom stereocenters. The van der Waals surface area contributed by atoms with E-state index in [1.54, 1.807) is 13.8 Å². The second-order valence-corrected chi connectivity index (χ2v) is 5.70. The van der Waals surface area contributed by atoms with Crippen molar-refractivity contribution >= 4 is 22.9 Å². The molecule has 0 saturated heterocycles. The van der Waals surface area contributed by atoms with Crippen LogP contribution in [0, 0.1) is 19.7 Å². The summed E-state index contributed by atoms with van der Waals surface area (Å²) in [6.45, 7) is 5.24. The SMILES string of the molecule is Cc1nc(C)c(C(C)n2c(=O)[nH]c(Cl)c(F)c2=O)s1. The van der Waals surface area contributed by atoms with Crippen molar-refractivity contribution in [2.24, 2.45) is 0 Å². The molecule has 0 aliphatic rings. The van der Waals surface area contributed by atoms with Gasteiger partial charge in [-0.3, -0.25) is 9.78 Å². The van der Waals surface area contributed by atoms with Crippen LogP contribution in [0.3, 0.4) is 0 Å². The Hall–Kier alpha value is -1.47. The van der Waals surface area contributed by atoms with Crippen molar-refractivity contribution in [2.45, 2.75) is 26.8 Å². The number of nitrogens with one attached hydrogen (secondary N) is 1. The molecule has 0 aromatic carbocycles. The van der Waals surface area contributed by atoms with Gasteiger partial charge in [-0.25, -0.2) is 14.3 Å². The van der Waals surface area contributed by atoms with Crippen LogP contribution in [0.2, 0.25) is 5.15 Å². The van der Waals surface area contributed by atoms with Crippen LogP contribution in [-0.2, 0) is 0 Å². The first-order valence-corrected chi connectivity index (χ1v) is 6.66. The molecule has 19 heavy (non-hydrogen) atoms. The minimum Gasteiger partial charge on any atom is -0.295 e. The molecule has 1 unspecified atom stereocenters. The number of nitrogens with zero attached hydrogens (tertiary/aromatic N) is 2. The first-order chi connectivity index (χ1) is 8.82. The Balaban J connectivity index is 2.66. The highest BCUT2D eigenvalue weighted by atomic mass is 35.5. The van der Waals surface area contributed by atoms with Gasteiger partial charge in [0, 0.05) is 0 Å². The molecule has 2 aromatic rings. The monoisotopic (exact) mass is 303 g/mol. The molecule has 0 amide bonds. The lowest BCUT2D eigenvalue weighted by molar-refractivity contribution is 0.518. The molecule has 5 nitrogen and oxygen atoms in total. The number of hydrogen-bond donors (Lipinski definition) is 1. The van der Waals surface area contributed by atoms with Crippen molar-refractivity contribution in [3.05, 3.63) is 47.4 Å². The van der Waals surface area contributed by atoms with Crippen LogP contribution in [0.5, 0.6) is 0 Å². The minimum atomic E-state index is -1.16. The molecular formula is C11H11ClFN3O2S. The van der Waals surface area contributed by atoms with Crippen LogP contribution >= 0.6 is 22.9 Å². The third-order valence-corrected chi connectivity index (χ3v) is 4.24. The minimum absolute atomic E-state index is 0.573. The van der Waals surface area contributed by atoms with Crippen LogP contribution in [0.25, 0.3) is 0 Å². The molecule has 8 heteroatoms. The van der Waals surface area contributed by atoms with Crippen molar-refractivity contribution in [3.63, 3.8) is 0 Å². The molecule has 2 aromatic heterocycles. The maximum absolute atomic E-state index is 13.5. The van der Waals surface area contributed by atoms with Crippen LogP contribution < -0.4 is 11.2 Å². The van der Waals surface area contributed by atoms with E-state index in [4.69, 9.17) is 11.6 Å². The van der Waals surface area contributed by atoms with Crippen molar-refractivity contribution in [1.29, 1.82) is 0 Å². The van der Waals surface area contributed by atoms with E-state index >= 15 is 0 Å². The molecule has 0 bridgehead atoms. The lowest BCUT2D eigenvalue weighted by Gasteiger charge is -2.13. The molecule has 0 saturated carbocycles. The fourth-order valence-corrected chi connectivity index (χ4v) is 3.04. The Labute approximate surface area is 116 Å². The fourth-order valence-electron chi connectivity index (χ4n) is 1.90. The van der Waals surface area contributed by atoms with E-state index in [1.807, 2.05) is 6.92 Å². The fraction of sp³-hybridized carbons (Fsp3) is 0.364. The van der Waals surface area contributed by atoms with Crippen LogP contribution in [0.4, 0.5) is 4.39 Å². The van der Waals surface area contributed by atoms with Gasteiger partial charge < -0.3 is 0 Å². The third-order valence-electron chi connectivity index (χ3n) is 2.74. The predicted octanol–water partition coefficient (Wildman–Crippen LogP) is 2.01. The van der Waals surface area contributed by atoms with E-state index in [0.29, 0.717) is 0 Å². The molecule has 0 aliphatic carbocycles. The smallest absolute Gasteiger partial charge is 0.295 e. The van der Waals surface area contributed by atoms with Gasteiger partial charge in [-0.2, -0.15) is 4.39 Å². The number of aryl methyl sites for hydroxylation is 2. The average Bonchev–Trinajstić information content (AvgIpc) is 2.65. The highest BCUT2D eigenvalue weighted by Crippen LogP contribution is 2.25. The zero-order valence-corrected chi connectivity index (χ0v) is 12.0. The zero-order valence-electron chi connectivity index (χ0n) is 10.5. The first kappa shape index (κ1) is 14.0. The van der Waals surface area contributed by atoms with Crippen molar-refractivity contribution in [3.8, 4) is 0 Å². The molecule has 1 N–H and O–H groups in total. The van der Waals surface area contributed by atoms with Gasteiger partial charge in [0.1, 0.15) is 0 Å². The van der Waals surface area contributed by atoms with Crippen molar-refractivity contribution in [1.82, 2.24) is 14.5 Å². The molecule has 0 spiro atoms. The number of hydrogen-bond acceptors (Lipinski definition) is 4. The summed E-state index contributed by atoms with van der Waals surface area (Å²) in [7, 11) is 0. The molecule has 2 heterocycles. The summed E-state index contributed by atoms with van der Waals surface area (Å²) in [5.41, 5.74) is -1.06. The maximum atomic E-state index is 13.5. The Bertz CT molecular complexity index is 749. The van der Waals surface area contributed by atoms with E-state index in [0.717, 1.165) is 20.1 Å². The molecule has 0 radical (unpaired) electrons. The van der Waals surface area contributed by atoms with Gasteiger partial charge in [0.25, 0.3) is 5.56 Å². The topological polar surface area (TPSA) is 67.8 Å². The summed E-state index contributed by atoms with van der Waals surface area (Å²) < 4.78 is 14.3. The van der Waals surface area contributed by atoms with Gasteiger partial charge in [-0.05, 0) is 20.8 Å². The van der Waals surface area contributed by atoms with E-state index in [-0.39, 0.29) is 0 Å². The van der Waals surface area contributed by atoms with E-state index in [9.17, 15) is 14.0 Å². The van der Waals surface area contributed by atoms with Crippen LogP contribution in [0.15, 0.2) is 9.59 Å². The second-order valence-electron chi connectivity index (χ2n) is 4.09. The van der Waals surface area contributed by atoms with E-state index in [2.05, 4.69) is 9.97 Å². The van der Waals surface area contributed by atoms with E-state index in [1.165, 1.54) is 11.3 Å². The zero-order chi connectivity index (χ0) is 14.3. The van der Waals surface area contributed by atoms with Crippen LogP contribution in [-0.4, -0.2) is 14.5 Å². The predicted molar refractivity (Wildman–Crippen MR) is 71.7 cm³/mol. The Morgan fingerprint density at radius 2 is 2.05 bits per heavy atom. The summed E-state index contributed by atoms with van der Waals surface area (Å²) in [5.74, 6) is -1.16. The number of H-pyrrole nitrogens is 1. The third kappa shape index (κ3) is 2.35. The first-order valence-electron chi connectivity index (χ1n) is 5.46. The average molecular weight is 304 g/mol. The van der Waals surface area contributed by atoms with E-state index < -0.39 is 28.3 Å². The maximum Gasteiger partial charge on any atom is 0.330 e. The number of aromatic nitrogens is 3. The highest BCUT2D eigenvalue weighted by molar-refractivity contribution is 7.11. The molecular weight excluding hydrogens is 293 g/mol. The van der Waals surface area contributed by atoms with Gasteiger partial charge in [0.15, 0.2) is 5.15 Å². The standard InChI is InChI=1S/C11H11ClFN3O2S/c1-4-8(19-6(3)14-4)5(2)16-10(17)7(13)9(12)15-11(16)18/h5H,1-3H3,(H,15,18). The summed E-state index contributed by atoms with van der Waals surface area (Å²) in [6.07, 6.45) is 0. The van der Waals surface area contributed by atoms with Gasteiger partial charge in [0.05, 0.1) is 21.6 Å². The normalized spacial score (nSPS) is 12.7. The summed E-state index contributed by atoms with van der Waals surface area (Å²) in [6, 6.07) is -0.603. The Morgan fingerprint density at radius 3 is 2.58 bits per heavy atom. The van der Waals surface area contributed by atoms with Gasteiger partial charge >= 0.3 is 5.69 Å². The number of halogens is 2. The van der Waals surface area contributed by atoms with Gasteiger partial charge in [-0.15, -0.1) is 11.3 Å². The summed E-state index contributed by atoms with van der Waals surface area (Å²) in [4.78, 5) is 30.7. The second kappa shape index (κ2) is 4.90. The number of rotatable bonds is 2. The van der Waals surface area contributed by atoms with Gasteiger partial charge in [0.2, 0.25) is 5.82 Å². The highest BCUT2D eigenvalue weighted by Gasteiger charge is 2.21. The largest absolute Gasteiger partial charge is 0.330 e. The molecule has 0 fully saturated rings. The molecule has 2 rings (SSSR count). The Kier molecular flexibility index (Phi) is 3.60. The lowest BCUT2D eigenvalue weighted by Crippen LogP contribution is -2.39. The summed E-state index contributed by atoms with van der Waals surface area (Å²) in [5, 5.41) is 0.244.